The third-order valence-electron chi connectivity index (χ3n) is 15.3. The number of phenolic OH excluding ortho intramolecular Hbond substituents is 1. The fourth-order valence-corrected chi connectivity index (χ4v) is 10.3. The number of azide groups is 1. The molecule has 0 aliphatic carbocycles. The zero-order chi connectivity index (χ0) is 70.3. The number of ether oxygens (including phenoxy) is 1. The lowest BCUT2D eigenvalue weighted by Gasteiger charge is -2.31. The zero-order valence-electron chi connectivity index (χ0n) is 53.0. The summed E-state index contributed by atoms with van der Waals surface area (Å²) in [5.74, 6) is -9.96. The van der Waals surface area contributed by atoms with E-state index in [1.165, 1.54) is 36.3 Å². The van der Waals surface area contributed by atoms with Crippen LogP contribution in [-0.4, -0.2) is 162 Å². The Morgan fingerprint density at radius 3 is 1.58 bits per heavy atom. The lowest BCUT2D eigenvalue weighted by atomic mass is 10.0. The normalized spacial score (nSPS) is 14.5. The molecular formula is C63H84N20O13. The van der Waals surface area contributed by atoms with E-state index in [2.05, 4.69) is 57.2 Å². The third kappa shape index (κ3) is 25.9. The van der Waals surface area contributed by atoms with E-state index in [0.29, 0.717) is 28.1 Å². The first-order valence-electron chi connectivity index (χ1n) is 30.8. The third-order valence-corrected chi connectivity index (χ3v) is 15.3. The van der Waals surface area contributed by atoms with Crippen LogP contribution < -0.4 is 82.1 Å². The molecule has 4 aromatic carbocycles. The van der Waals surface area contributed by atoms with Gasteiger partial charge in [-0.05, 0) is 103 Å². The number of carbonyl (C=O) groups excluding carboxylic acids is 11. The molecule has 96 heavy (non-hydrogen) atoms. The van der Waals surface area contributed by atoms with Gasteiger partial charge in [0.1, 0.15) is 59.8 Å². The van der Waals surface area contributed by atoms with E-state index in [4.69, 9.17) is 50.4 Å². The van der Waals surface area contributed by atoms with E-state index in [-0.39, 0.29) is 108 Å². The molecule has 8 atom stereocenters. The van der Waals surface area contributed by atoms with Gasteiger partial charge in [0, 0.05) is 62.3 Å². The number of rotatable bonds is 39. The summed E-state index contributed by atoms with van der Waals surface area (Å²) in [6.45, 7) is -0.0364. The predicted molar refractivity (Wildman–Crippen MR) is 352 cm³/mol. The van der Waals surface area contributed by atoms with E-state index >= 15 is 0 Å². The van der Waals surface area contributed by atoms with Crippen LogP contribution in [0.1, 0.15) is 86.5 Å². The molecule has 1 saturated heterocycles. The van der Waals surface area contributed by atoms with Gasteiger partial charge in [0.2, 0.25) is 65.0 Å². The Kier molecular flexibility index (Phi) is 30.2. The number of aryl methyl sites for hydroxylation is 1. The number of aromatic hydroxyl groups is 1. The van der Waals surface area contributed by atoms with E-state index < -0.39 is 133 Å². The molecule has 0 radical (unpaired) electrons. The molecule has 1 fully saturated rings. The number of nitrogens with zero attached hydrogens (tertiary/aromatic N) is 6. The van der Waals surface area contributed by atoms with E-state index in [9.17, 15) is 57.8 Å². The number of carbonyl (C=O) groups is 11. The van der Waals surface area contributed by atoms with Crippen molar-refractivity contribution < 1.29 is 62.6 Å². The molecular weight excluding hydrogens is 1240 g/mol. The summed E-state index contributed by atoms with van der Waals surface area (Å²) in [5, 5.41) is 31.6. The SMILES string of the molecule is COc1ccc(C[C@@H](NC(=O)CCc2ccc(N=[N+]=[N-])cc2)C(=O)N[C@@H](Cc2ccccc2)C(=O)N[C@@H](CCC(N)=O)C(=O)N[C@@H](CC(N)=O)C(=O)N[C@@H](CCCN=C(N)N)C(=O)N2CCC[C@H]2C(=O)N[C@@H](CCCN=C(N)N)C(=O)N[C@@H](Cc2ccc(O)cc2)C(N)=O)cc1. The standard InChI is InChI=1S/C63H84N20O13/c1-96-42-24-17-39(18-25-42)34-47(74-53(87)28-19-36-13-20-40(21-14-36)81-82-71)57(91)79-48(33-37-8-3-2-4-9-37)58(92)75-44(26-27-51(64)85)56(90)80-49(35-52(65)86)59(93)77-45(11-6-30-73-63(69)70)61(95)83-31-7-12-50(83)60(94)76-43(10-5-29-72-62(67)68)55(89)78-46(54(66)88)32-38-15-22-41(84)23-16-38/h2-4,8-9,13-18,20-25,43-50,84H,5-7,10-12,19,26-35H2,1H3,(H2,64,85)(H2,65,86)(H2,66,88)(H,74,87)(H,75,92)(H,76,94)(H,77,93)(H,78,89)(H,79,91)(H,80,90)(H4,67,68,72)(H4,69,70,73)/t43-,44-,45-,46-,47+,48-,49-,50-/m0/s1. The van der Waals surface area contributed by atoms with Gasteiger partial charge in [0.05, 0.1) is 13.5 Å². The van der Waals surface area contributed by atoms with Crippen LogP contribution in [-0.2, 0) is 78.4 Å². The number of nitrogens with two attached hydrogens (primary N) is 7. The van der Waals surface area contributed by atoms with E-state index in [1.54, 1.807) is 78.9 Å². The molecule has 11 amide bonds. The zero-order valence-corrected chi connectivity index (χ0v) is 53.0. The van der Waals surface area contributed by atoms with Crippen molar-refractivity contribution in [2.45, 2.75) is 138 Å². The smallest absolute Gasteiger partial charge is 0.245 e. The Hall–Kier alpha value is -11.5. The fourth-order valence-electron chi connectivity index (χ4n) is 10.3. The highest BCUT2D eigenvalue weighted by atomic mass is 16.5. The van der Waals surface area contributed by atoms with Gasteiger partial charge in [-0.25, -0.2) is 0 Å². The van der Waals surface area contributed by atoms with Crippen LogP contribution in [0.4, 0.5) is 5.69 Å². The van der Waals surface area contributed by atoms with Gasteiger partial charge in [-0.1, -0.05) is 84.0 Å². The first kappa shape index (κ1) is 75.2. The molecule has 0 unspecified atom stereocenters. The molecule has 5 rings (SSSR count). The molecule has 4 aromatic rings. The Balaban J connectivity index is 1.39. The minimum Gasteiger partial charge on any atom is -0.508 e. The van der Waals surface area contributed by atoms with Crippen LogP contribution >= 0.6 is 0 Å². The highest BCUT2D eigenvalue weighted by molar-refractivity contribution is 5.99. The minimum absolute atomic E-state index is 0.0280. The van der Waals surface area contributed by atoms with Crippen molar-refractivity contribution in [3.8, 4) is 11.5 Å². The molecule has 0 aromatic heterocycles. The molecule has 1 heterocycles. The van der Waals surface area contributed by atoms with Crippen LogP contribution in [0, 0.1) is 0 Å². The van der Waals surface area contributed by atoms with Gasteiger partial charge in [-0.15, -0.1) is 0 Å². The molecule has 22 N–H and O–H groups in total. The van der Waals surface area contributed by atoms with Crippen molar-refractivity contribution in [3.63, 3.8) is 0 Å². The quantitative estimate of drug-likeness (QED) is 0.00581. The van der Waals surface area contributed by atoms with Crippen LogP contribution in [0.25, 0.3) is 10.4 Å². The first-order valence-corrected chi connectivity index (χ1v) is 30.8. The number of amides is 11. The Morgan fingerprint density at radius 2 is 1.03 bits per heavy atom. The molecule has 33 heteroatoms. The number of phenols is 1. The highest BCUT2D eigenvalue weighted by Gasteiger charge is 2.41. The monoisotopic (exact) mass is 1330 g/mol. The van der Waals surface area contributed by atoms with Crippen molar-refractivity contribution in [1.29, 1.82) is 0 Å². The molecule has 0 saturated carbocycles. The number of nitrogens with one attached hydrogen (secondary N) is 7. The maximum absolute atomic E-state index is 14.8. The summed E-state index contributed by atoms with van der Waals surface area (Å²) in [6, 6.07) is 15.8. The maximum Gasteiger partial charge on any atom is 0.245 e. The number of benzene rings is 4. The van der Waals surface area contributed by atoms with Crippen molar-refractivity contribution in [2.24, 2.45) is 55.2 Å². The average molecular weight is 1330 g/mol. The number of aliphatic imine (C=N–C) groups is 2. The number of methoxy groups -OCH3 is 1. The summed E-state index contributed by atoms with van der Waals surface area (Å²) in [6.07, 6.45) is -1.76. The summed E-state index contributed by atoms with van der Waals surface area (Å²) in [7, 11) is 1.48. The van der Waals surface area contributed by atoms with E-state index in [0.717, 1.165) is 5.56 Å². The lowest BCUT2D eigenvalue weighted by molar-refractivity contribution is -0.143. The molecule has 0 spiro atoms. The molecule has 514 valence electrons. The van der Waals surface area contributed by atoms with Crippen molar-refractivity contribution in [2.75, 3.05) is 26.7 Å². The second-order valence-corrected chi connectivity index (χ2v) is 22.6. The first-order chi connectivity index (χ1) is 45.8. The van der Waals surface area contributed by atoms with Crippen molar-refractivity contribution >= 4 is 82.6 Å². The average Bonchev–Trinajstić information content (AvgIpc) is 1.62. The summed E-state index contributed by atoms with van der Waals surface area (Å²) in [5.41, 5.74) is 50.6. The second kappa shape index (κ2) is 38.5. The summed E-state index contributed by atoms with van der Waals surface area (Å²) in [4.78, 5) is 165. The summed E-state index contributed by atoms with van der Waals surface area (Å²) < 4.78 is 5.30. The topological polar surface area (TPSA) is 560 Å². The fraction of sp³-hybridized carbons (Fsp3) is 0.413. The van der Waals surface area contributed by atoms with Gasteiger partial charge in [0.15, 0.2) is 11.9 Å². The van der Waals surface area contributed by atoms with E-state index in [1.807, 2.05) is 0 Å². The van der Waals surface area contributed by atoms with Crippen molar-refractivity contribution in [1.82, 2.24) is 42.1 Å². The Morgan fingerprint density at radius 1 is 0.552 bits per heavy atom. The predicted octanol–water partition coefficient (Wildman–Crippen LogP) is -1.88. The van der Waals surface area contributed by atoms with Crippen LogP contribution in [0.3, 0.4) is 0 Å². The molecule has 33 nitrogen and oxygen atoms in total. The number of primary amides is 3. The van der Waals surface area contributed by atoms with Gasteiger partial charge >= 0.3 is 0 Å². The minimum atomic E-state index is -1.87. The summed E-state index contributed by atoms with van der Waals surface area (Å²) >= 11 is 0. The largest absolute Gasteiger partial charge is 0.508 e. The molecule has 1 aliphatic heterocycles. The number of hydrogen-bond donors (Lipinski definition) is 15. The van der Waals surface area contributed by atoms with Gasteiger partial charge < -0.3 is 92.1 Å². The van der Waals surface area contributed by atoms with Gasteiger partial charge in [-0.3, -0.25) is 62.7 Å². The van der Waals surface area contributed by atoms with Crippen LogP contribution in [0.2, 0.25) is 0 Å². The second-order valence-electron chi connectivity index (χ2n) is 22.6. The highest BCUT2D eigenvalue weighted by Crippen LogP contribution is 2.22. The number of guanidine groups is 2. The lowest BCUT2D eigenvalue weighted by Crippen LogP contribution is -2.60. The number of likely N-dealkylation sites (tertiary alicyclic amines) is 1. The maximum atomic E-state index is 14.8. The molecule has 1 aliphatic rings. The Labute approximate surface area is 552 Å². The van der Waals surface area contributed by atoms with Crippen LogP contribution in [0.5, 0.6) is 11.5 Å². The van der Waals surface area contributed by atoms with Crippen molar-refractivity contribution in [3.05, 3.63) is 136 Å². The number of hydrogen-bond acceptors (Lipinski definition) is 16. The van der Waals surface area contributed by atoms with Gasteiger partial charge in [0.25, 0.3) is 0 Å². The van der Waals surface area contributed by atoms with Crippen LogP contribution in [0.15, 0.2) is 118 Å². The van der Waals surface area contributed by atoms with Gasteiger partial charge in [-0.2, -0.15) is 0 Å². The molecule has 0 bridgehead atoms. The Bertz CT molecular complexity index is 3450.